The van der Waals surface area contributed by atoms with Crippen LogP contribution in [-0.4, -0.2) is 38.4 Å². The third-order valence-electron chi connectivity index (χ3n) is 3.85. The molecule has 0 aliphatic heterocycles. The molecule has 29 heavy (non-hydrogen) atoms. The summed E-state index contributed by atoms with van der Waals surface area (Å²) in [5, 5.41) is 18.7. The number of amides is 1. The van der Waals surface area contributed by atoms with Crippen LogP contribution in [0, 0.1) is 10.1 Å². The van der Waals surface area contributed by atoms with Gasteiger partial charge in [-0.3, -0.25) is 14.9 Å². The minimum Gasteiger partial charge on any atom is -0.462 e. The zero-order valence-corrected chi connectivity index (χ0v) is 16.3. The number of primary sulfonamides is 1. The lowest BCUT2D eigenvalue weighted by atomic mass is 10.1. The second-order valence-corrected chi connectivity index (χ2v) is 7.50. The van der Waals surface area contributed by atoms with Crippen molar-refractivity contribution in [2.45, 2.75) is 18.2 Å². The predicted molar refractivity (Wildman–Crippen MR) is 103 cm³/mol. The van der Waals surface area contributed by atoms with Crippen LogP contribution in [0.1, 0.15) is 33.2 Å². The Bertz CT molecular complexity index is 1030. The molecule has 2 aromatic rings. The van der Waals surface area contributed by atoms with E-state index in [4.69, 9.17) is 9.88 Å². The van der Waals surface area contributed by atoms with Crippen LogP contribution in [-0.2, 0) is 21.2 Å². The molecular weight excluding hydrogens is 402 g/mol. The van der Waals surface area contributed by atoms with Gasteiger partial charge in [0.15, 0.2) is 0 Å². The van der Waals surface area contributed by atoms with Gasteiger partial charge in [0, 0.05) is 24.2 Å². The van der Waals surface area contributed by atoms with Gasteiger partial charge in [-0.15, -0.1) is 0 Å². The summed E-state index contributed by atoms with van der Waals surface area (Å²) in [5.41, 5.74) is 0.208. The standard InChI is InChI=1S/C18H19N3O7S/c1-2-28-18(23)14-9-13(10-15(11-14)21(24)25)17(22)20-8-7-12-3-5-16(6-4-12)29(19,26)27/h3-6,9-11H,2,7-8H2,1H3,(H,20,22)(H2,19,26,27). The first kappa shape index (κ1) is 22.0. The Kier molecular flexibility index (Phi) is 7.02. The molecule has 0 fully saturated rings. The maximum Gasteiger partial charge on any atom is 0.338 e. The molecule has 11 heteroatoms. The van der Waals surface area contributed by atoms with E-state index in [-0.39, 0.29) is 29.2 Å². The van der Waals surface area contributed by atoms with Crippen LogP contribution in [0.4, 0.5) is 5.69 Å². The third-order valence-corrected chi connectivity index (χ3v) is 4.78. The highest BCUT2D eigenvalue weighted by Crippen LogP contribution is 2.18. The van der Waals surface area contributed by atoms with E-state index in [9.17, 15) is 28.1 Å². The van der Waals surface area contributed by atoms with Crippen molar-refractivity contribution in [1.29, 1.82) is 0 Å². The number of benzene rings is 2. The summed E-state index contributed by atoms with van der Waals surface area (Å²) in [7, 11) is -3.78. The van der Waals surface area contributed by atoms with Crippen molar-refractivity contribution in [3.8, 4) is 0 Å². The van der Waals surface area contributed by atoms with Crippen molar-refractivity contribution in [2.24, 2.45) is 5.14 Å². The fourth-order valence-electron chi connectivity index (χ4n) is 2.45. The molecule has 0 aliphatic carbocycles. The summed E-state index contributed by atoms with van der Waals surface area (Å²) in [6.45, 7) is 1.87. The molecule has 0 radical (unpaired) electrons. The van der Waals surface area contributed by atoms with E-state index in [1.807, 2.05) is 0 Å². The van der Waals surface area contributed by atoms with Gasteiger partial charge in [-0.05, 0) is 37.1 Å². The molecule has 0 spiro atoms. The number of carbonyl (C=O) groups is 2. The fourth-order valence-corrected chi connectivity index (χ4v) is 2.96. The maximum absolute atomic E-state index is 12.3. The Hall–Kier alpha value is -3.31. The van der Waals surface area contributed by atoms with Gasteiger partial charge < -0.3 is 10.1 Å². The molecule has 0 saturated carbocycles. The molecule has 1 amide bonds. The van der Waals surface area contributed by atoms with Crippen molar-refractivity contribution >= 4 is 27.6 Å². The van der Waals surface area contributed by atoms with Gasteiger partial charge in [-0.2, -0.15) is 0 Å². The minimum atomic E-state index is -3.78. The maximum atomic E-state index is 12.3. The summed E-state index contributed by atoms with van der Waals surface area (Å²) in [6, 6.07) is 9.19. The van der Waals surface area contributed by atoms with Crippen LogP contribution in [0.25, 0.3) is 0 Å². The van der Waals surface area contributed by atoms with Crippen LogP contribution in [0.5, 0.6) is 0 Å². The quantitative estimate of drug-likeness (QED) is 0.370. The molecule has 154 valence electrons. The summed E-state index contributed by atoms with van der Waals surface area (Å²) in [5.74, 6) is -1.36. The fraction of sp³-hybridized carbons (Fsp3) is 0.222. The summed E-state index contributed by atoms with van der Waals surface area (Å²) < 4.78 is 27.3. The monoisotopic (exact) mass is 421 g/mol. The number of nitro groups is 1. The van der Waals surface area contributed by atoms with Crippen molar-refractivity contribution in [3.63, 3.8) is 0 Å². The smallest absolute Gasteiger partial charge is 0.338 e. The molecule has 0 aromatic heterocycles. The number of carbonyl (C=O) groups excluding carboxylic acids is 2. The Balaban J connectivity index is 2.08. The normalized spacial score (nSPS) is 11.0. The highest BCUT2D eigenvalue weighted by atomic mass is 32.2. The highest BCUT2D eigenvalue weighted by Gasteiger charge is 2.18. The van der Waals surface area contributed by atoms with Gasteiger partial charge in [-0.25, -0.2) is 18.4 Å². The number of nitrogens with zero attached hydrogens (tertiary/aromatic N) is 1. The number of nitrogens with one attached hydrogen (secondary N) is 1. The van der Waals surface area contributed by atoms with Gasteiger partial charge in [0.05, 0.1) is 22.0 Å². The Morgan fingerprint density at radius 3 is 2.31 bits per heavy atom. The summed E-state index contributed by atoms with van der Waals surface area (Å²) in [4.78, 5) is 34.6. The zero-order valence-electron chi connectivity index (χ0n) is 15.5. The van der Waals surface area contributed by atoms with E-state index in [1.165, 1.54) is 18.2 Å². The number of hydrogen-bond acceptors (Lipinski definition) is 7. The van der Waals surface area contributed by atoms with Crippen LogP contribution >= 0.6 is 0 Å². The predicted octanol–water partition coefficient (Wildman–Crippen LogP) is 1.39. The van der Waals surface area contributed by atoms with E-state index >= 15 is 0 Å². The van der Waals surface area contributed by atoms with E-state index < -0.39 is 32.5 Å². The van der Waals surface area contributed by atoms with E-state index in [0.29, 0.717) is 6.42 Å². The largest absolute Gasteiger partial charge is 0.462 e. The molecule has 0 unspecified atom stereocenters. The molecular formula is C18H19N3O7S. The van der Waals surface area contributed by atoms with Crippen LogP contribution in [0.15, 0.2) is 47.4 Å². The van der Waals surface area contributed by atoms with Gasteiger partial charge in [0.1, 0.15) is 0 Å². The third kappa shape index (κ3) is 6.09. The van der Waals surface area contributed by atoms with Crippen molar-refractivity contribution in [2.75, 3.05) is 13.2 Å². The Morgan fingerprint density at radius 2 is 1.76 bits per heavy atom. The first-order valence-corrected chi connectivity index (χ1v) is 10.0. The number of nitrogens with two attached hydrogens (primary N) is 1. The van der Waals surface area contributed by atoms with E-state index in [2.05, 4.69) is 5.32 Å². The van der Waals surface area contributed by atoms with Gasteiger partial charge >= 0.3 is 5.97 Å². The van der Waals surface area contributed by atoms with E-state index in [1.54, 1.807) is 19.1 Å². The van der Waals surface area contributed by atoms with Gasteiger partial charge in [-0.1, -0.05) is 12.1 Å². The number of hydrogen-bond donors (Lipinski definition) is 2. The molecule has 0 heterocycles. The average Bonchev–Trinajstić information content (AvgIpc) is 2.67. The van der Waals surface area contributed by atoms with Crippen LogP contribution in [0.2, 0.25) is 0 Å². The number of non-ortho nitro benzene ring substituents is 1. The number of ether oxygens (including phenoxy) is 1. The van der Waals surface area contributed by atoms with Crippen LogP contribution < -0.4 is 10.5 Å². The Labute approximate surface area is 166 Å². The average molecular weight is 421 g/mol. The molecule has 3 N–H and O–H groups in total. The molecule has 0 aliphatic rings. The zero-order chi connectivity index (χ0) is 21.6. The SMILES string of the molecule is CCOC(=O)c1cc(C(=O)NCCc2ccc(S(N)(=O)=O)cc2)cc([N+](=O)[O-])c1. The topological polar surface area (TPSA) is 159 Å². The lowest BCUT2D eigenvalue weighted by Crippen LogP contribution is -2.26. The lowest BCUT2D eigenvalue weighted by Gasteiger charge is -2.08. The number of esters is 1. The minimum absolute atomic E-state index is 0.0200. The summed E-state index contributed by atoms with van der Waals surface area (Å²) >= 11 is 0. The molecule has 10 nitrogen and oxygen atoms in total. The van der Waals surface area contributed by atoms with Crippen molar-refractivity contribution in [1.82, 2.24) is 5.32 Å². The van der Waals surface area contributed by atoms with Crippen molar-refractivity contribution in [3.05, 3.63) is 69.3 Å². The number of sulfonamides is 1. The second-order valence-electron chi connectivity index (χ2n) is 5.94. The van der Waals surface area contributed by atoms with Gasteiger partial charge in [0.2, 0.25) is 10.0 Å². The van der Waals surface area contributed by atoms with Crippen LogP contribution in [0.3, 0.4) is 0 Å². The molecule has 2 aromatic carbocycles. The summed E-state index contributed by atoms with van der Waals surface area (Å²) in [6.07, 6.45) is 0.385. The lowest BCUT2D eigenvalue weighted by molar-refractivity contribution is -0.384. The van der Waals surface area contributed by atoms with Crippen molar-refractivity contribution < 1.29 is 27.7 Å². The highest BCUT2D eigenvalue weighted by molar-refractivity contribution is 7.89. The molecule has 0 bridgehead atoms. The molecule has 0 atom stereocenters. The van der Waals surface area contributed by atoms with E-state index in [0.717, 1.165) is 17.7 Å². The molecule has 2 rings (SSSR count). The number of rotatable bonds is 8. The second kappa shape index (κ2) is 9.26. The van der Waals surface area contributed by atoms with Gasteiger partial charge in [0.25, 0.3) is 11.6 Å². The first-order valence-electron chi connectivity index (χ1n) is 8.48. The Morgan fingerprint density at radius 1 is 1.14 bits per heavy atom. The number of nitro benzene ring substituents is 1. The molecule has 0 saturated heterocycles. The first-order chi connectivity index (χ1) is 13.6.